The first-order chi connectivity index (χ1) is 10.9. The van der Waals surface area contributed by atoms with Crippen LogP contribution in [0.3, 0.4) is 0 Å². The van der Waals surface area contributed by atoms with Crippen molar-refractivity contribution in [2.24, 2.45) is 0 Å². The zero-order chi connectivity index (χ0) is 17.0. The molecule has 1 aromatic heterocycles. The predicted molar refractivity (Wildman–Crippen MR) is 89.7 cm³/mol. The first-order valence-electron chi connectivity index (χ1n) is 7.37. The Kier molecular flexibility index (Phi) is 5.20. The summed E-state index contributed by atoms with van der Waals surface area (Å²) in [6.07, 6.45) is 1.48. The number of anilines is 2. The van der Waals surface area contributed by atoms with Crippen molar-refractivity contribution in [3.05, 3.63) is 47.9 Å². The molecule has 23 heavy (non-hydrogen) atoms. The third-order valence-corrected chi connectivity index (χ3v) is 5.06. The van der Waals surface area contributed by atoms with E-state index in [2.05, 4.69) is 14.6 Å². The lowest BCUT2D eigenvalue weighted by Gasteiger charge is -2.19. The van der Waals surface area contributed by atoms with Crippen molar-refractivity contribution in [2.75, 3.05) is 22.7 Å². The molecule has 1 heterocycles. The van der Waals surface area contributed by atoms with Crippen LogP contribution in [0.4, 0.5) is 15.9 Å². The highest BCUT2D eigenvalue weighted by atomic mass is 32.2. The average molecular weight is 337 g/mol. The van der Waals surface area contributed by atoms with Gasteiger partial charge < -0.3 is 4.90 Å². The van der Waals surface area contributed by atoms with E-state index in [1.165, 1.54) is 18.3 Å². The lowest BCUT2D eigenvalue weighted by Crippen LogP contribution is -2.23. The number of aromatic nitrogens is 1. The van der Waals surface area contributed by atoms with E-state index in [0.29, 0.717) is 11.3 Å². The van der Waals surface area contributed by atoms with Crippen molar-refractivity contribution in [3.63, 3.8) is 0 Å². The molecule has 0 aliphatic carbocycles. The van der Waals surface area contributed by atoms with Gasteiger partial charge in [-0.3, -0.25) is 4.72 Å². The van der Waals surface area contributed by atoms with Gasteiger partial charge in [-0.1, -0.05) is 0 Å². The summed E-state index contributed by atoms with van der Waals surface area (Å²) >= 11 is 0. The molecule has 0 atom stereocenters. The van der Waals surface area contributed by atoms with Crippen LogP contribution in [0.2, 0.25) is 0 Å². The second-order valence-electron chi connectivity index (χ2n) is 5.09. The topological polar surface area (TPSA) is 62.3 Å². The molecule has 0 saturated heterocycles. The van der Waals surface area contributed by atoms with Crippen LogP contribution < -0.4 is 9.62 Å². The molecule has 5 nitrogen and oxygen atoms in total. The molecule has 1 aromatic carbocycles. The summed E-state index contributed by atoms with van der Waals surface area (Å²) in [5, 5.41) is 0. The lowest BCUT2D eigenvalue weighted by atomic mass is 10.2. The minimum Gasteiger partial charge on any atom is -0.357 e. The van der Waals surface area contributed by atoms with E-state index in [-0.39, 0.29) is 4.90 Å². The molecule has 0 spiro atoms. The smallest absolute Gasteiger partial charge is 0.262 e. The molecule has 0 radical (unpaired) electrons. The van der Waals surface area contributed by atoms with Gasteiger partial charge in [0.05, 0.1) is 16.8 Å². The Labute approximate surface area is 136 Å². The number of pyridine rings is 1. The van der Waals surface area contributed by atoms with Gasteiger partial charge in [-0.25, -0.2) is 17.8 Å². The van der Waals surface area contributed by atoms with Crippen molar-refractivity contribution in [1.82, 2.24) is 4.98 Å². The molecular formula is C16H20FN3O2S. The number of aryl methyl sites for hydroxylation is 1. The number of hydrogen-bond donors (Lipinski definition) is 1. The highest BCUT2D eigenvalue weighted by Crippen LogP contribution is 2.21. The zero-order valence-electron chi connectivity index (χ0n) is 13.4. The maximum Gasteiger partial charge on any atom is 0.262 e. The van der Waals surface area contributed by atoms with Crippen LogP contribution in [-0.2, 0) is 10.0 Å². The van der Waals surface area contributed by atoms with Gasteiger partial charge in [-0.05, 0) is 56.7 Å². The minimum absolute atomic E-state index is 0.0479. The molecule has 7 heteroatoms. The molecule has 0 saturated carbocycles. The third-order valence-electron chi connectivity index (χ3n) is 3.51. The minimum atomic E-state index is -3.78. The zero-order valence-corrected chi connectivity index (χ0v) is 14.2. The Balaban J connectivity index is 2.24. The van der Waals surface area contributed by atoms with Crippen LogP contribution in [-0.4, -0.2) is 26.5 Å². The van der Waals surface area contributed by atoms with E-state index in [0.717, 1.165) is 25.0 Å². The highest BCUT2D eigenvalue weighted by molar-refractivity contribution is 7.92. The van der Waals surface area contributed by atoms with Gasteiger partial charge >= 0.3 is 0 Å². The van der Waals surface area contributed by atoms with Gasteiger partial charge in [-0.2, -0.15) is 0 Å². The van der Waals surface area contributed by atoms with Crippen LogP contribution in [0.1, 0.15) is 19.4 Å². The molecule has 2 rings (SSSR count). The molecule has 0 bridgehead atoms. The summed E-state index contributed by atoms with van der Waals surface area (Å²) in [7, 11) is -3.78. The van der Waals surface area contributed by atoms with Gasteiger partial charge in [0.2, 0.25) is 0 Å². The predicted octanol–water partition coefficient (Wildman–Crippen LogP) is 3.18. The third kappa shape index (κ3) is 3.98. The maximum atomic E-state index is 13.1. The van der Waals surface area contributed by atoms with Crippen LogP contribution >= 0.6 is 0 Å². The number of nitrogens with zero attached hydrogens (tertiary/aromatic N) is 2. The molecule has 1 N–H and O–H groups in total. The van der Waals surface area contributed by atoms with Crippen LogP contribution in [0.15, 0.2) is 41.4 Å². The van der Waals surface area contributed by atoms with Crippen molar-refractivity contribution in [1.29, 1.82) is 0 Å². The van der Waals surface area contributed by atoms with Gasteiger partial charge in [-0.15, -0.1) is 0 Å². The number of sulfonamides is 1. The van der Waals surface area contributed by atoms with Crippen molar-refractivity contribution < 1.29 is 12.8 Å². The molecule has 0 unspecified atom stereocenters. The molecule has 0 aliphatic heterocycles. The van der Waals surface area contributed by atoms with Crippen LogP contribution in [0, 0.1) is 12.7 Å². The van der Waals surface area contributed by atoms with Gasteiger partial charge in [0.15, 0.2) is 0 Å². The maximum absolute atomic E-state index is 13.1. The number of nitrogens with one attached hydrogen (secondary N) is 1. The van der Waals surface area contributed by atoms with Crippen LogP contribution in [0.25, 0.3) is 0 Å². The Bertz CT molecular complexity index is 772. The lowest BCUT2D eigenvalue weighted by molar-refractivity contribution is 0.598. The fraction of sp³-hybridized carbons (Fsp3) is 0.312. The Morgan fingerprint density at radius 2 is 1.87 bits per heavy atom. The van der Waals surface area contributed by atoms with E-state index >= 15 is 0 Å². The van der Waals surface area contributed by atoms with Crippen molar-refractivity contribution >= 4 is 21.5 Å². The molecule has 0 fully saturated rings. The van der Waals surface area contributed by atoms with Gasteiger partial charge in [0.1, 0.15) is 11.6 Å². The fourth-order valence-corrected chi connectivity index (χ4v) is 3.58. The quantitative estimate of drug-likeness (QED) is 0.879. The monoisotopic (exact) mass is 337 g/mol. The first-order valence-corrected chi connectivity index (χ1v) is 8.85. The summed E-state index contributed by atoms with van der Waals surface area (Å²) in [6.45, 7) is 7.25. The van der Waals surface area contributed by atoms with Crippen LogP contribution in [0.5, 0.6) is 0 Å². The summed E-state index contributed by atoms with van der Waals surface area (Å²) in [5.41, 5.74) is 0.717. The SMILES string of the molecule is CCN(CC)c1ccc(NS(=O)(=O)c2ccc(F)cc2C)cn1. The molecule has 0 amide bonds. The van der Waals surface area contributed by atoms with Gasteiger partial charge in [0.25, 0.3) is 10.0 Å². The summed E-state index contributed by atoms with van der Waals surface area (Å²) < 4.78 is 40.4. The van der Waals surface area contributed by atoms with Crippen molar-refractivity contribution in [2.45, 2.75) is 25.7 Å². The van der Waals surface area contributed by atoms with E-state index in [1.54, 1.807) is 19.1 Å². The normalized spacial score (nSPS) is 11.3. The molecule has 124 valence electrons. The molecular weight excluding hydrogens is 317 g/mol. The Morgan fingerprint density at radius 1 is 1.17 bits per heavy atom. The first kappa shape index (κ1) is 17.2. The number of halogens is 1. The summed E-state index contributed by atoms with van der Waals surface area (Å²) in [4.78, 5) is 6.38. The second kappa shape index (κ2) is 6.95. The highest BCUT2D eigenvalue weighted by Gasteiger charge is 2.17. The number of benzene rings is 1. The fourth-order valence-electron chi connectivity index (χ4n) is 2.31. The van der Waals surface area contributed by atoms with E-state index < -0.39 is 15.8 Å². The summed E-state index contributed by atoms with van der Waals surface area (Å²) in [5.74, 6) is 0.322. The Morgan fingerprint density at radius 3 is 2.39 bits per heavy atom. The average Bonchev–Trinajstić information content (AvgIpc) is 2.49. The van der Waals surface area contributed by atoms with E-state index in [1.807, 2.05) is 13.8 Å². The standard InChI is InChI=1S/C16H20FN3O2S/c1-4-20(5-2)16-9-7-14(11-18-16)19-23(21,22)15-8-6-13(17)10-12(15)3/h6-11,19H,4-5H2,1-3H3. The van der Waals surface area contributed by atoms with E-state index in [4.69, 9.17) is 0 Å². The van der Waals surface area contributed by atoms with Crippen molar-refractivity contribution in [3.8, 4) is 0 Å². The Hall–Kier alpha value is -2.15. The number of hydrogen-bond acceptors (Lipinski definition) is 4. The second-order valence-corrected chi connectivity index (χ2v) is 6.74. The van der Waals surface area contributed by atoms with E-state index in [9.17, 15) is 12.8 Å². The molecule has 0 aliphatic rings. The van der Waals surface area contributed by atoms with Gasteiger partial charge in [0, 0.05) is 13.1 Å². The summed E-state index contributed by atoms with van der Waals surface area (Å²) in [6, 6.07) is 7.00. The number of rotatable bonds is 6. The largest absolute Gasteiger partial charge is 0.357 e. The molecule has 2 aromatic rings.